The Kier molecular flexibility index (Phi) is 4.04. The number of nitrogens with one attached hydrogen (secondary N) is 1. The summed E-state index contributed by atoms with van der Waals surface area (Å²) in [7, 11) is 3.64. The van der Waals surface area contributed by atoms with Gasteiger partial charge in [-0.15, -0.1) is 0 Å². The van der Waals surface area contributed by atoms with Crippen LogP contribution in [0.15, 0.2) is 23.1 Å². The lowest BCUT2D eigenvalue weighted by molar-refractivity contribution is 0.0649. The third-order valence-corrected chi connectivity index (χ3v) is 3.91. The first-order valence-corrected chi connectivity index (χ1v) is 6.66. The Morgan fingerprint density at radius 3 is 2.79 bits per heavy atom. The monoisotopic (exact) mass is 263 g/mol. The van der Waals surface area contributed by atoms with E-state index < -0.39 is 0 Å². The molecule has 2 rings (SSSR count). The van der Waals surface area contributed by atoms with Gasteiger partial charge in [-0.05, 0) is 25.5 Å². The predicted molar refractivity (Wildman–Crippen MR) is 74.2 cm³/mol. The highest BCUT2D eigenvalue weighted by Crippen LogP contribution is 2.18. The first-order chi connectivity index (χ1) is 9.02. The summed E-state index contributed by atoms with van der Waals surface area (Å²) in [6.45, 7) is 3.62. The lowest BCUT2D eigenvalue weighted by Gasteiger charge is -2.36. The average Bonchev–Trinajstić information content (AvgIpc) is 2.41. The second-order valence-electron chi connectivity index (χ2n) is 5.28. The van der Waals surface area contributed by atoms with Gasteiger partial charge in [-0.3, -0.25) is 9.59 Å². The Hall–Kier alpha value is -1.62. The second-order valence-corrected chi connectivity index (χ2v) is 5.28. The molecule has 1 fully saturated rings. The van der Waals surface area contributed by atoms with Crippen molar-refractivity contribution < 1.29 is 4.79 Å². The number of piperidine rings is 1. The van der Waals surface area contributed by atoms with E-state index in [0.717, 1.165) is 19.5 Å². The Labute approximate surface area is 113 Å². The fourth-order valence-electron chi connectivity index (χ4n) is 2.62. The third kappa shape index (κ3) is 2.87. The summed E-state index contributed by atoms with van der Waals surface area (Å²) in [5, 5.41) is 3.28. The number of pyridine rings is 1. The van der Waals surface area contributed by atoms with Gasteiger partial charge in [0.15, 0.2) is 0 Å². The van der Waals surface area contributed by atoms with Gasteiger partial charge in [0.05, 0.1) is 0 Å². The molecule has 19 heavy (non-hydrogen) atoms. The van der Waals surface area contributed by atoms with Crippen LogP contribution in [0.1, 0.15) is 23.7 Å². The molecule has 2 atom stereocenters. The van der Waals surface area contributed by atoms with Crippen molar-refractivity contribution in [1.82, 2.24) is 14.8 Å². The number of rotatable bonds is 2. The Balaban J connectivity index is 2.12. The highest BCUT2D eigenvalue weighted by Gasteiger charge is 2.28. The molecule has 0 bridgehead atoms. The van der Waals surface area contributed by atoms with Crippen LogP contribution < -0.4 is 10.9 Å². The molecule has 5 nitrogen and oxygen atoms in total. The first kappa shape index (κ1) is 13.8. The van der Waals surface area contributed by atoms with Gasteiger partial charge in [-0.2, -0.15) is 0 Å². The van der Waals surface area contributed by atoms with E-state index in [0.29, 0.717) is 17.5 Å². The molecule has 1 aliphatic heterocycles. The fraction of sp³-hybridized carbons (Fsp3) is 0.571. The van der Waals surface area contributed by atoms with Gasteiger partial charge in [-0.1, -0.05) is 6.92 Å². The SMILES string of the molecule is CNC1CCN(C(=O)c2ccn(C)c(=O)c2)CC1C. The quantitative estimate of drug-likeness (QED) is 0.843. The normalized spacial score (nSPS) is 23.4. The van der Waals surface area contributed by atoms with Crippen LogP contribution in [0.5, 0.6) is 0 Å². The number of carbonyl (C=O) groups excluding carboxylic acids is 1. The molecule has 5 heteroatoms. The van der Waals surface area contributed by atoms with Crippen molar-refractivity contribution in [3.8, 4) is 0 Å². The van der Waals surface area contributed by atoms with Crippen molar-refractivity contribution >= 4 is 5.91 Å². The Bertz CT molecular complexity index is 524. The van der Waals surface area contributed by atoms with Crippen LogP contribution in [0.4, 0.5) is 0 Å². The van der Waals surface area contributed by atoms with Gasteiger partial charge < -0.3 is 14.8 Å². The summed E-state index contributed by atoms with van der Waals surface area (Å²) in [5.74, 6) is 0.383. The zero-order valence-corrected chi connectivity index (χ0v) is 11.7. The minimum Gasteiger partial charge on any atom is -0.338 e. The zero-order valence-electron chi connectivity index (χ0n) is 11.7. The summed E-state index contributed by atoms with van der Waals surface area (Å²) >= 11 is 0. The molecule has 1 aliphatic rings. The van der Waals surface area contributed by atoms with Crippen molar-refractivity contribution in [2.75, 3.05) is 20.1 Å². The topological polar surface area (TPSA) is 54.3 Å². The number of aryl methyl sites for hydroxylation is 1. The van der Waals surface area contributed by atoms with Crippen molar-refractivity contribution in [2.24, 2.45) is 13.0 Å². The van der Waals surface area contributed by atoms with E-state index >= 15 is 0 Å². The van der Waals surface area contributed by atoms with E-state index in [1.807, 2.05) is 11.9 Å². The maximum atomic E-state index is 12.4. The molecule has 1 aromatic heterocycles. The van der Waals surface area contributed by atoms with E-state index in [2.05, 4.69) is 12.2 Å². The van der Waals surface area contributed by atoms with Crippen LogP contribution in [0.25, 0.3) is 0 Å². The molecular weight excluding hydrogens is 242 g/mol. The summed E-state index contributed by atoms with van der Waals surface area (Å²) in [4.78, 5) is 25.8. The van der Waals surface area contributed by atoms with Crippen molar-refractivity contribution in [2.45, 2.75) is 19.4 Å². The second kappa shape index (κ2) is 5.57. The largest absolute Gasteiger partial charge is 0.338 e. The van der Waals surface area contributed by atoms with E-state index in [1.54, 1.807) is 19.3 Å². The molecule has 1 aromatic rings. The molecule has 2 heterocycles. The molecule has 0 saturated carbocycles. The maximum Gasteiger partial charge on any atom is 0.254 e. The molecule has 104 valence electrons. The van der Waals surface area contributed by atoms with Gasteiger partial charge in [0.1, 0.15) is 0 Å². The van der Waals surface area contributed by atoms with Gasteiger partial charge in [0.25, 0.3) is 11.5 Å². The number of likely N-dealkylation sites (tertiary alicyclic amines) is 1. The van der Waals surface area contributed by atoms with Crippen LogP contribution in [0.2, 0.25) is 0 Å². The fourth-order valence-corrected chi connectivity index (χ4v) is 2.62. The van der Waals surface area contributed by atoms with Gasteiger partial charge in [0, 0.05) is 44.0 Å². The average molecular weight is 263 g/mol. The highest BCUT2D eigenvalue weighted by molar-refractivity contribution is 5.94. The maximum absolute atomic E-state index is 12.4. The molecular formula is C14H21N3O2. The first-order valence-electron chi connectivity index (χ1n) is 6.66. The highest BCUT2D eigenvalue weighted by atomic mass is 16.2. The summed E-state index contributed by atoms with van der Waals surface area (Å²) in [5.41, 5.74) is 0.335. The number of hydrogen-bond donors (Lipinski definition) is 1. The Morgan fingerprint density at radius 1 is 1.47 bits per heavy atom. The molecule has 1 saturated heterocycles. The van der Waals surface area contributed by atoms with Crippen molar-refractivity contribution in [3.05, 3.63) is 34.2 Å². The summed E-state index contributed by atoms with van der Waals surface area (Å²) in [6.07, 6.45) is 2.59. The van der Waals surface area contributed by atoms with Crippen LogP contribution in [0.3, 0.4) is 0 Å². The van der Waals surface area contributed by atoms with E-state index in [1.165, 1.54) is 10.6 Å². The predicted octanol–water partition coefficient (Wildman–Crippen LogP) is 0.455. The molecule has 0 aromatic carbocycles. The molecule has 1 N–H and O–H groups in total. The molecule has 0 aliphatic carbocycles. The zero-order chi connectivity index (χ0) is 14.0. The van der Waals surface area contributed by atoms with E-state index in [4.69, 9.17) is 0 Å². The number of nitrogens with zero attached hydrogens (tertiary/aromatic N) is 2. The number of hydrogen-bond acceptors (Lipinski definition) is 3. The minimum absolute atomic E-state index is 0.0425. The minimum atomic E-state index is -0.149. The summed E-state index contributed by atoms with van der Waals surface area (Å²) < 4.78 is 1.46. The lowest BCUT2D eigenvalue weighted by Crippen LogP contribution is -2.49. The number of carbonyl (C=O) groups is 1. The van der Waals surface area contributed by atoms with Gasteiger partial charge >= 0.3 is 0 Å². The standard InChI is InChI=1S/C14H21N3O2/c1-10-9-17(7-5-12(10)15-2)14(19)11-4-6-16(3)13(18)8-11/h4,6,8,10,12,15H,5,7,9H2,1-3H3. The van der Waals surface area contributed by atoms with Gasteiger partial charge in [-0.25, -0.2) is 0 Å². The molecule has 0 radical (unpaired) electrons. The van der Waals surface area contributed by atoms with Crippen LogP contribution in [-0.4, -0.2) is 41.6 Å². The Morgan fingerprint density at radius 2 is 2.21 bits per heavy atom. The molecule has 0 spiro atoms. The van der Waals surface area contributed by atoms with Crippen molar-refractivity contribution in [1.29, 1.82) is 0 Å². The van der Waals surface area contributed by atoms with Crippen LogP contribution in [-0.2, 0) is 7.05 Å². The van der Waals surface area contributed by atoms with Gasteiger partial charge in [0.2, 0.25) is 0 Å². The lowest BCUT2D eigenvalue weighted by atomic mass is 9.93. The molecule has 1 amide bonds. The molecule has 2 unspecified atom stereocenters. The van der Waals surface area contributed by atoms with Crippen LogP contribution in [0, 0.1) is 5.92 Å². The smallest absolute Gasteiger partial charge is 0.254 e. The van der Waals surface area contributed by atoms with E-state index in [9.17, 15) is 9.59 Å². The number of aromatic nitrogens is 1. The third-order valence-electron chi connectivity index (χ3n) is 3.91. The summed E-state index contributed by atoms with van der Waals surface area (Å²) in [6, 6.07) is 3.59. The van der Waals surface area contributed by atoms with E-state index in [-0.39, 0.29) is 11.5 Å². The van der Waals surface area contributed by atoms with Crippen molar-refractivity contribution in [3.63, 3.8) is 0 Å². The number of amides is 1. The van der Waals surface area contributed by atoms with Crippen LogP contribution >= 0.6 is 0 Å².